The Hall–Kier alpha value is -1.77. The van der Waals surface area contributed by atoms with E-state index in [1.54, 1.807) is 30.5 Å². The van der Waals surface area contributed by atoms with Crippen molar-refractivity contribution in [3.05, 3.63) is 30.5 Å². The average molecular weight is 160 g/mol. The molecular weight excluding hydrogens is 152 g/mol. The molecule has 1 aromatic heterocycles. The smallest absolute Gasteiger partial charge is 0.147 e. The second-order valence-corrected chi connectivity index (χ2v) is 2.57. The number of nitrogens with zero attached hydrogens (tertiary/aromatic N) is 1. The Kier molecular flexibility index (Phi) is 1.37. The van der Waals surface area contributed by atoms with Crippen molar-refractivity contribution in [2.75, 3.05) is 5.73 Å². The Bertz CT molecular complexity index is 426. The summed E-state index contributed by atoms with van der Waals surface area (Å²) in [4.78, 5) is 4.07. The summed E-state index contributed by atoms with van der Waals surface area (Å²) in [6.45, 7) is 0. The van der Waals surface area contributed by atoms with Crippen molar-refractivity contribution >= 4 is 16.6 Å². The highest BCUT2D eigenvalue weighted by Gasteiger charge is 2.02. The number of pyridine rings is 1. The lowest BCUT2D eigenvalue weighted by atomic mass is 10.2. The van der Waals surface area contributed by atoms with Crippen LogP contribution in [0.2, 0.25) is 0 Å². The summed E-state index contributed by atoms with van der Waals surface area (Å²) >= 11 is 0. The van der Waals surface area contributed by atoms with Crippen molar-refractivity contribution in [3.63, 3.8) is 0 Å². The summed E-state index contributed by atoms with van der Waals surface area (Å²) in [5, 5.41) is 10.2. The van der Waals surface area contributed by atoms with E-state index in [-0.39, 0.29) is 5.75 Å². The fourth-order valence-corrected chi connectivity index (χ4v) is 1.15. The quantitative estimate of drug-likeness (QED) is 0.453. The molecule has 0 atom stereocenters. The largest absolute Gasteiger partial charge is 0.505 e. The number of phenols is 1. The van der Waals surface area contributed by atoms with Crippen molar-refractivity contribution in [2.24, 2.45) is 0 Å². The van der Waals surface area contributed by atoms with Crippen LogP contribution < -0.4 is 5.73 Å². The Morgan fingerprint density at radius 2 is 2.08 bits per heavy atom. The van der Waals surface area contributed by atoms with Crippen molar-refractivity contribution in [2.45, 2.75) is 0 Å². The number of hydrogen-bond donors (Lipinski definition) is 2. The van der Waals surface area contributed by atoms with Gasteiger partial charge >= 0.3 is 0 Å². The maximum Gasteiger partial charge on any atom is 0.147 e. The normalized spacial score (nSPS) is 10.3. The van der Waals surface area contributed by atoms with E-state index in [2.05, 4.69) is 4.98 Å². The fourth-order valence-electron chi connectivity index (χ4n) is 1.15. The predicted octanol–water partition coefficient (Wildman–Crippen LogP) is 1.52. The Balaban J connectivity index is 2.91. The molecule has 0 spiro atoms. The first-order chi connectivity index (χ1) is 5.79. The van der Waals surface area contributed by atoms with Crippen LogP contribution in [-0.2, 0) is 0 Å². The number of anilines is 1. The monoisotopic (exact) mass is 160 g/mol. The number of phenolic OH excluding ortho intramolecular Hbond substituents is 1. The van der Waals surface area contributed by atoms with Crippen LogP contribution in [0.4, 0.5) is 5.69 Å². The molecule has 0 radical (unpaired) electrons. The standard InChI is InChI=1S/C9H8N2O/c10-7-3-4-8-6(9(7)12)2-1-5-11-8/h1-5,12H,10H2. The van der Waals surface area contributed by atoms with E-state index in [1.165, 1.54) is 0 Å². The molecule has 2 aromatic rings. The molecule has 3 N–H and O–H groups in total. The van der Waals surface area contributed by atoms with E-state index in [4.69, 9.17) is 5.73 Å². The number of aromatic hydroxyl groups is 1. The highest BCUT2D eigenvalue weighted by atomic mass is 16.3. The van der Waals surface area contributed by atoms with E-state index < -0.39 is 0 Å². The Morgan fingerprint density at radius 3 is 2.92 bits per heavy atom. The molecular formula is C9H8N2O. The number of aromatic nitrogens is 1. The number of nitrogen functional groups attached to an aromatic ring is 1. The molecule has 0 fully saturated rings. The molecule has 2 rings (SSSR count). The topological polar surface area (TPSA) is 59.1 Å². The van der Waals surface area contributed by atoms with Crippen molar-refractivity contribution < 1.29 is 5.11 Å². The van der Waals surface area contributed by atoms with Gasteiger partial charge in [-0.1, -0.05) is 0 Å². The molecule has 0 unspecified atom stereocenters. The van der Waals surface area contributed by atoms with Crippen LogP contribution in [0.25, 0.3) is 10.9 Å². The zero-order valence-corrected chi connectivity index (χ0v) is 6.36. The molecule has 3 nitrogen and oxygen atoms in total. The molecule has 0 aliphatic heterocycles. The molecule has 3 heteroatoms. The van der Waals surface area contributed by atoms with Gasteiger partial charge < -0.3 is 10.8 Å². The summed E-state index contributed by atoms with van der Waals surface area (Å²) in [7, 11) is 0. The summed E-state index contributed by atoms with van der Waals surface area (Å²) in [5.41, 5.74) is 6.65. The molecule has 0 aliphatic rings. The Morgan fingerprint density at radius 1 is 1.25 bits per heavy atom. The van der Waals surface area contributed by atoms with Crippen molar-refractivity contribution in [3.8, 4) is 5.75 Å². The molecule has 0 aliphatic carbocycles. The zero-order chi connectivity index (χ0) is 8.55. The lowest BCUT2D eigenvalue weighted by molar-refractivity contribution is 0.484. The fraction of sp³-hybridized carbons (Fsp3) is 0. The van der Waals surface area contributed by atoms with E-state index >= 15 is 0 Å². The summed E-state index contributed by atoms with van der Waals surface area (Å²) in [5.74, 6) is 0.112. The van der Waals surface area contributed by atoms with Crippen LogP contribution in [-0.4, -0.2) is 10.1 Å². The lowest BCUT2D eigenvalue weighted by Crippen LogP contribution is -1.86. The molecule has 12 heavy (non-hydrogen) atoms. The van der Waals surface area contributed by atoms with Gasteiger partial charge in [0.2, 0.25) is 0 Å². The van der Waals surface area contributed by atoms with Crippen molar-refractivity contribution in [1.82, 2.24) is 4.98 Å². The average Bonchev–Trinajstić information content (AvgIpc) is 2.12. The van der Waals surface area contributed by atoms with Gasteiger partial charge in [0.1, 0.15) is 5.75 Å². The SMILES string of the molecule is Nc1ccc2ncccc2c1O. The van der Waals surface area contributed by atoms with Crippen molar-refractivity contribution in [1.29, 1.82) is 0 Å². The number of nitrogens with two attached hydrogens (primary N) is 1. The number of hydrogen-bond acceptors (Lipinski definition) is 3. The summed E-state index contributed by atoms with van der Waals surface area (Å²) in [6, 6.07) is 6.98. The van der Waals surface area contributed by atoms with Crippen LogP contribution in [0.3, 0.4) is 0 Å². The number of benzene rings is 1. The van der Waals surface area contributed by atoms with E-state index in [1.807, 2.05) is 0 Å². The summed E-state index contributed by atoms with van der Waals surface area (Å²) < 4.78 is 0. The van der Waals surface area contributed by atoms with Crippen LogP contribution in [0.15, 0.2) is 30.5 Å². The molecule has 0 amide bonds. The molecule has 1 heterocycles. The van der Waals surface area contributed by atoms with Crippen LogP contribution in [0.5, 0.6) is 5.75 Å². The predicted molar refractivity (Wildman–Crippen MR) is 47.8 cm³/mol. The second kappa shape index (κ2) is 2.37. The maximum absolute atomic E-state index is 9.49. The molecule has 60 valence electrons. The molecule has 0 bridgehead atoms. The Labute approximate surface area is 69.5 Å². The minimum absolute atomic E-state index is 0.112. The minimum Gasteiger partial charge on any atom is -0.505 e. The first-order valence-corrected chi connectivity index (χ1v) is 3.61. The van der Waals surface area contributed by atoms with Gasteiger partial charge in [-0.05, 0) is 24.3 Å². The first-order valence-electron chi connectivity index (χ1n) is 3.61. The zero-order valence-electron chi connectivity index (χ0n) is 6.36. The minimum atomic E-state index is 0.112. The van der Waals surface area contributed by atoms with Crippen LogP contribution in [0, 0.1) is 0 Å². The molecule has 1 aromatic carbocycles. The van der Waals surface area contributed by atoms with E-state index in [9.17, 15) is 5.11 Å². The van der Waals surface area contributed by atoms with Gasteiger partial charge in [-0.2, -0.15) is 0 Å². The second-order valence-electron chi connectivity index (χ2n) is 2.57. The maximum atomic E-state index is 9.49. The van der Waals surface area contributed by atoms with Gasteiger partial charge in [-0.15, -0.1) is 0 Å². The third-order valence-corrected chi connectivity index (χ3v) is 1.79. The first kappa shape index (κ1) is 6.91. The lowest BCUT2D eigenvalue weighted by Gasteiger charge is -2.01. The number of rotatable bonds is 0. The highest BCUT2D eigenvalue weighted by molar-refractivity contribution is 5.89. The highest BCUT2D eigenvalue weighted by Crippen LogP contribution is 2.28. The van der Waals surface area contributed by atoms with Gasteiger partial charge in [0.25, 0.3) is 0 Å². The van der Waals surface area contributed by atoms with E-state index in [0.717, 1.165) is 5.52 Å². The third-order valence-electron chi connectivity index (χ3n) is 1.79. The van der Waals surface area contributed by atoms with Gasteiger partial charge in [-0.25, -0.2) is 0 Å². The van der Waals surface area contributed by atoms with E-state index in [0.29, 0.717) is 11.1 Å². The van der Waals surface area contributed by atoms with Crippen LogP contribution in [0.1, 0.15) is 0 Å². The van der Waals surface area contributed by atoms with Gasteiger partial charge in [-0.3, -0.25) is 4.98 Å². The third kappa shape index (κ3) is 0.871. The van der Waals surface area contributed by atoms with Crippen LogP contribution >= 0.6 is 0 Å². The number of fused-ring (bicyclic) bond motifs is 1. The molecule has 0 saturated carbocycles. The van der Waals surface area contributed by atoms with Gasteiger partial charge in [0.05, 0.1) is 11.2 Å². The summed E-state index contributed by atoms with van der Waals surface area (Å²) in [6.07, 6.45) is 1.68. The van der Waals surface area contributed by atoms with Gasteiger partial charge in [0, 0.05) is 11.6 Å². The molecule has 0 saturated heterocycles. The van der Waals surface area contributed by atoms with Gasteiger partial charge in [0.15, 0.2) is 0 Å².